The molecule has 11 heteroatoms. The van der Waals surface area contributed by atoms with Gasteiger partial charge in [-0.15, -0.1) is 5.10 Å². The van der Waals surface area contributed by atoms with Gasteiger partial charge in [0, 0.05) is 12.7 Å². The zero-order valence-corrected chi connectivity index (χ0v) is 17.1. The highest BCUT2D eigenvalue weighted by Crippen LogP contribution is 2.20. The zero-order valence-electron chi connectivity index (χ0n) is 16.3. The van der Waals surface area contributed by atoms with E-state index in [1.165, 1.54) is 40.9 Å². The van der Waals surface area contributed by atoms with E-state index in [-0.39, 0.29) is 24.1 Å². The van der Waals surface area contributed by atoms with Crippen LogP contribution in [0.1, 0.15) is 0 Å². The number of halogens is 1. The Balaban J connectivity index is 1.53. The second-order valence-corrected chi connectivity index (χ2v) is 7.11. The quantitative estimate of drug-likeness (QED) is 0.545. The number of carbonyl (C=O) groups is 2. The van der Waals surface area contributed by atoms with Crippen LogP contribution in [0.15, 0.2) is 53.7 Å². The Hall–Kier alpha value is -3.47. The number of amides is 2. The molecule has 0 bridgehead atoms. The first-order chi connectivity index (χ1) is 14.5. The van der Waals surface area contributed by atoms with E-state index >= 15 is 0 Å². The van der Waals surface area contributed by atoms with Gasteiger partial charge in [0.2, 0.25) is 17.0 Å². The fourth-order valence-corrected chi connectivity index (χ4v) is 3.26. The van der Waals surface area contributed by atoms with Crippen LogP contribution in [0.5, 0.6) is 5.75 Å². The van der Waals surface area contributed by atoms with E-state index in [1.54, 1.807) is 31.4 Å². The Morgan fingerprint density at radius 1 is 1.17 bits per heavy atom. The van der Waals surface area contributed by atoms with Crippen LogP contribution in [0.3, 0.4) is 0 Å². The summed E-state index contributed by atoms with van der Waals surface area (Å²) in [5.74, 6) is -0.285. The van der Waals surface area contributed by atoms with Crippen molar-refractivity contribution in [2.75, 3.05) is 31.8 Å². The van der Waals surface area contributed by atoms with Crippen molar-refractivity contribution >= 4 is 29.3 Å². The van der Waals surface area contributed by atoms with Crippen molar-refractivity contribution in [2.24, 2.45) is 0 Å². The number of nitrogens with one attached hydrogen (secondary N) is 1. The summed E-state index contributed by atoms with van der Waals surface area (Å²) in [4.78, 5) is 25.8. The predicted molar refractivity (Wildman–Crippen MR) is 109 cm³/mol. The van der Waals surface area contributed by atoms with Gasteiger partial charge in [0.1, 0.15) is 11.6 Å². The van der Waals surface area contributed by atoms with Gasteiger partial charge < -0.3 is 15.0 Å². The maximum absolute atomic E-state index is 12.9. The minimum absolute atomic E-state index is 0.0524. The van der Waals surface area contributed by atoms with Gasteiger partial charge in [0.25, 0.3) is 0 Å². The molecule has 1 aromatic heterocycles. The lowest BCUT2D eigenvalue weighted by atomic mass is 10.3. The number of aromatic nitrogens is 4. The molecule has 0 aliphatic carbocycles. The smallest absolute Gasteiger partial charge is 0.243 e. The molecular weight excluding hydrogens is 411 g/mol. The summed E-state index contributed by atoms with van der Waals surface area (Å²) in [6.07, 6.45) is 0. The van der Waals surface area contributed by atoms with Crippen molar-refractivity contribution in [3.05, 3.63) is 54.3 Å². The second-order valence-electron chi connectivity index (χ2n) is 6.16. The third kappa shape index (κ3) is 5.54. The maximum atomic E-state index is 12.9. The molecule has 1 heterocycles. The van der Waals surface area contributed by atoms with Crippen molar-refractivity contribution in [1.82, 2.24) is 25.1 Å². The summed E-state index contributed by atoms with van der Waals surface area (Å²) in [5, 5.41) is 14.6. The standard InChI is InChI=1S/C19H19FN6O3S/c1-25(11-17(27)21-14-5-3-13(20)4-6-14)18(28)12-30-19-22-23-24-26(19)15-7-9-16(29-2)10-8-15/h3-10H,11-12H2,1-2H3,(H,21,27). The number of carbonyl (C=O) groups excluding carboxylic acids is 2. The van der Waals surface area contributed by atoms with E-state index in [1.807, 2.05) is 0 Å². The number of likely N-dealkylation sites (N-methyl/N-ethyl adjacent to an activating group) is 1. The fourth-order valence-electron chi connectivity index (χ4n) is 2.43. The molecule has 0 saturated heterocycles. The number of hydrogen-bond acceptors (Lipinski definition) is 7. The summed E-state index contributed by atoms with van der Waals surface area (Å²) in [5.41, 5.74) is 1.18. The van der Waals surface area contributed by atoms with Crippen LogP contribution >= 0.6 is 11.8 Å². The van der Waals surface area contributed by atoms with E-state index in [9.17, 15) is 14.0 Å². The van der Waals surface area contributed by atoms with Crippen molar-refractivity contribution in [3.8, 4) is 11.4 Å². The molecule has 30 heavy (non-hydrogen) atoms. The topological polar surface area (TPSA) is 102 Å². The largest absolute Gasteiger partial charge is 0.497 e. The molecule has 0 unspecified atom stereocenters. The SMILES string of the molecule is COc1ccc(-n2nnnc2SCC(=O)N(C)CC(=O)Nc2ccc(F)cc2)cc1. The van der Waals surface area contributed by atoms with E-state index in [0.717, 1.165) is 17.4 Å². The van der Waals surface area contributed by atoms with Gasteiger partial charge in [-0.1, -0.05) is 11.8 Å². The summed E-state index contributed by atoms with van der Waals surface area (Å²) in [6.45, 7) is -0.139. The Kier molecular flexibility index (Phi) is 6.96. The van der Waals surface area contributed by atoms with Crippen LogP contribution in [0, 0.1) is 5.82 Å². The minimum atomic E-state index is -0.394. The Labute approximate surface area is 176 Å². The van der Waals surface area contributed by atoms with E-state index < -0.39 is 5.82 Å². The minimum Gasteiger partial charge on any atom is -0.497 e. The van der Waals surface area contributed by atoms with Gasteiger partial charge in [-0.2, -0.15) is 4.68 Å². The molecule has 0 aliphatic heterocycles. The number of methoxy groups -OCH3 is 1. The number of benzene rings is 2. The van der Waals surface area contributed by atoms with Crippen LogP contribution in [-0.4, -0.2) is 63.4 Å². The first-order valence-corrected chi connectivity index (χ1v) is 9.80. The fraction of sp³-hybridized carbons (Fsp3) is 0.211. The van der Waals surface area contributed by atoms with Crippen molar-refractivity contribution in [3.63, 3.8) is 0 Å². The molecule has 0 fully saturated rings. The first-order valence-electron chi connectivity index (χ1n) is 8.81. The van der Waals surface area contributed by atoms with E-state index in [2.05, 4.69) is 20.8 Å². The number of thioether (sulfide) groups is 1. The molecule has 2 aromatic carbocycles. The molecule has 156 valence electrons. The monoisotopic (exact) mass is 430 g/mol. The zero-order chi connectivity index (χ0) is 21.5. The van der Waals surface area contributed by atoms with Gasteiger partial charge in [0.15, 0.2) is 0 Å². The van der Waals surface area contributed by atoms with E-state index in [4.69, 9.17) is 4.74 Å². The number of anilines is 1. The van der Waals surface area contributed by atoms with Crippen LogP contribution in [-0.2, 0) is 9.59 Å². The molecule has 0 atom stereocenters. The third-order valence-corrected chi connectivity index (χ3v) is 4.92. The van der Waals surface area contributed by atoms with Crippen molar-refractivity contribution < 1.29 is 18.7 Å². The molecule has 9 nitrogen and oxygen atoms in total. The highest BCUT2D eigenvalue weighted by atomic mass is 32.2. The summed E-state index contributed by atoms with van der Waals surface area (Å²) in [6, 6.07) is 12.5. The van der Waals surface area contributed by atoms with Crippen molar-refractivity contribution in [2.45, 2.75) is 5.16 Å². The van der Waals surface area contributed by atoms with Gasteiger partial charge >= 0.3 is 0 Å². The van der Waals surface area contributed by atoms with Gasteiger partial charge in [-0.3, -0.25) is 9.59 Å². The second kappa shape index (κ2) is 9.83. The molecule has 1 N–H and O–H groups in total. The molecule has 0 radical (unpaired) electrons. The van der Waals surface area contributed by atoms with Gasteiger partial charge in [-0.05, 0) is 59.0 Å². The molecule has 0 saturated carbocycles. The number of rotatable bonds is 8. The first kappa shape index (κ1) is 21.2. The highest BCUT2D eigenvalue weighted by Gasteiger charge is 2.16. The molecule has 3 rings (SSSR count). The van der Waals surface area contributed by atoms with Crippen LogP contribution in [0.25, 0.3) is 5.69 Å². The summed E-state index contributed by atoms with van der Waals surface area (Å²) in [7, 11) is 3.11. The van der Waals surface area contributed by atoms with Gasteiger partial charge in [0.05, 0.1) is 25.1 Å². The Morgan fingerprint density at radius 2 is 1.87 bits per heavy atom. The lowest BCUT2D eigenvalue weighted by molar-refractivity contribution is -0.131. The van der Waals surface area contributed by atoms with E-state index in [0.29, 0.717) is 16.6 Å². The predicted octanol–water partition coefficient (Wildman–Crippen LogP) is 2.00. The Morgan fingerprint density at radius 3 is 2.53 bits per heavy atom. The normalized spacial score (nSPS) is 10.5. The maximum Gasteiger partial charge on any atom is 0.243 e. The average Bonchev–Trinajstić information content (AvgIpc) is 3.22. The Bertz CT molecular complexity index is 1010. The molecule has 0 aliphatic rings. The number of tetrazole rings is 1. The molecule has 2 amide bonds. The highest BCUT2D eigenvalue weighted by molar-refractivity contribution is 7.99. The van der Waals surface area contributed by atoms with Crippen LogP contribution < -0.4 is 10.1 Å². The third-order valence-electron chi connectivity index (χ3n) is 4.02. The van der Waals surface area contributed by atoms with Crippen LogP contribution in [0.2, 0.25) is 0 Å². The lowest BCUT2D eigenvalue weighted by Crippen LogP contribution is -2.36. The summed E-state index contributed by atoms with van der Waals surface area (Å²) < 4.78 is 19.6. The summed E-state index contributed by atoms with van der Waals surface area (Å²) >= 11 is 1.16. The molecular formula is C19H19FN6O3S. The number of ether oxygens (including phenoxy) is 1. The molecule has 0 spiro atoms. The average molecular weight is 430 g/mol. The van der Waals surface area contributed by atoms with Crippen molar-refractivity contribution in [1.29, 1.82) is 0 Å². The lowest BCUT2D eigenvalue weighted by Gasteiger charge is -2.16. The molecule has 3 aromatic rings. The number of hydrogen-bond donors (Lipinski definition) is 1. The van der Waals surface area contributed by atoms with Gasteiger partial charge in [-0.25, -0.2) is 4.39 Å². The number of nitrogens with zero attached hydrogens (tertiary/aromatic N) is 5. The van der Waals surface area contributed by atoms with Crippen LogP contribution in [0.4, 0.5) is 10.1 Å².